The lowest BCUT2D eigenvalue weighted by atomic mass is 9.94. The Morgan fingerprint density at radius 2 is 2.20 bits per heavy atom. The average molecular weight is 340 g/mol. The fourth-order valence-corrected chi connectivity index (χ4v) is 2.95. The molecule has 0 spiro atoms. The highest BCUT2D eigenvalue weighted by atomic mass is 79.9. The largest absolute Gasteiger partial charge is 0.319 e. The van der Waals surface area contributed by atoms with Crippen LogP contribution in [0.25, 0.3) is 0 Å². The molecule has 1 atom stereocenters. The molecule has 1 unspecified atom stereocenters. The van der Waals surface area contributed by atoms with Gasteiger partial charge in [-0.25, -0.2) is 4.39 Å². The summed E-state index contributed by atoms with van der Waals surface area (Å²) in [4.78, 5) is 0. The Kier molecular flexibility index (Phi) is 4.94. The maximum absolute atomic E-state index is 13.4. The van der Waals surface area contributed by atoms with Crippen LogP contribution in [0.1, 0.15) is 22.9 Å². The summed E-state index contributed by atoms with van der Waals surface area (Å²) < 4.78 is 16.4. The quantitative estimate of drug-likeness (QED) is 0.906. The minimum Gasteiger partial charge on any atom is -0.319 e. The SMILES string of the molecule is CNCC(Cc1c(Br)c(C)nn1C)c1cccc(F)c1. The van der Waals surface area contributed by atoms with Crippen LogP contribution in [0.2, 0.25) is 0 Å². The van der Waals surface area contributed by atoms with Gasteiger partial charge in [0, 0.05) is 19.5 Å². The second-order valence-electron chi connectivity index (χ2n) is 4.98. The van der Waals surface area contributed by atoms with Crippen molar-refractivity contribution in [3.63, 3.8) is 0 Å². The van der Waals surface area contributed by atoms with Gasteiger partial charge in [0.15, 0.2) is 0 Å². The Bertz CT molecular complexity index is 595. The summed E-state index contributed by atoms with van der Waals surface area (Å²) in [6, 6.07) is 6.82. The van der Waals surface area contributed by atoms with E-state index in [4.69, 9.17) is 0 Å². The molecule has 1 heterocycles. The number of hydrogen-bond acceptors (Lipinski definition) is 2. The normalized spacial score (nSPS) is 12.7. The summed E-state index contributed by atoms with van der Waals surface area (Å²) >= 11 is 3.59. The molecular formula is C15H19BrFN3. The number of nitrogens with one attached hydrogen (secondary N) is 1. The Hall–Kier alpha value is -1.20. The molecule has 3 nitrogen and oxygen atoms in total. The van der Waals surface area contributed by atoms with Crippen LogP contribution in [0.15, 0.2) is 28.7 Å². The Morgan fingerprint density at radius 1 is 1.45 bits per heavy atom. The molecule has 2 aromatic rings. The number of nitrogens with zero attached hydrogens (tertiary/aromatic N) is 2. The first-order valence-corrected chi connectivity index (χ1v) is 7.40. The van der Waals surface area contributed by atoms with Crippen molar-refractivity contribution in [3.05, 3.63) is 51.5 Å². The molecule has 1 N–H and O–H groups in total. The van der Waals surface area contributed by atoms with Gasteiger partial charge in [-0.15, -0.1) is 0 Å². The third-order valence-corrected chi connectivity index (χ3v) is 4.50. The molecule has 108 valence electrons. The monoisotopic (exact) mass is 339 g/mol. The van der Waals surface area contributed by atoms with Crippen LogP contribution < -0.4 is 5.32 Å². The Morgan fingerprint density at radius 3 is 2.75 bits per heavy atom. The fraction of sp³-hybridized carbons (Fsp3) is 0.400. The van der Waals surface area contributed by atoms with Crippen LogP contribution in [0, 0.1) is 12.7 Å². The van der Waals surface area contributed by atoms with Crippen LogP contribution in [-0.2, 0) is 13.5 Å². The van der Waals surface area contributed by atoms with Crippen molar-refractivity contribution in [3.8, 4) is 0 Å². The van der Waals surface area contributed by atoms with Crippen molar-refractivity contribution in [2.24, 2.45) is 7.05 Å². The maximum Gasteiger partial charge on any atom is 0.123 e. The van der Waals surface area contributed by atoms with E-state index in [0.717, 1.165) is 34.4 Å². The van der Waals surface area contributed by atoms with E-state index in [9.17, 15) is 4.39 Å². The van der Waals surface area contributed by atoms with Crippen LogP contribution in [0.4, 0.5) is 4.39 Å². The molecule has 5 heteroatoms. The predicted molar refractivity (Wildman–Crippen MR) is 82.4 cm³/mol. The zero-order valence-electron chi connectivity index (χ0n) is 12.0. The molecule has 0 amide bonds. The molecule has 20 heavy (non-hydrogen) atoms. The molecule has 0 aliphatic carbocycles. The molecule has 0 radical (unpaired) electrons. The van der Waals surface area contributed by atoms with Gasteiger partial charge in [-0.1, -0.05) is 12.1 Å². The van der Waals surface area contributed by atoms with E-state index in [-0.39, 0.29) is 11.7 Å². The highest BCUT2D eigenvalue weighted by Gasteiger charge is 2.18. The first kappa shape index (κ1) is 15.2. The first-order chi connectivity index (χ1) is 9.52. The van der Waals surface area contributed by atoms with Crippen molar-refractivity contribution < 1.29 is 4.39 Å². The zero-order valence-corrected chi connectivity index (χ0v) is 13.5. The van der Waals surface area contributed by atoms with E-state index in [1.165, 1.54) is 6.07 Å². The van der Waals surface area contributed by atoms with Crippen molar-refractivity contribution in [2.75, 3.05) is 13.6 Å². The summed E-state index contributed by atoms with van der Waals surface area (Å²) in [6.45, 7) is 2.77. The van der Waals surface area contributed by atoms with Gasteiger partial charge < -0.3 is 5.32 Å². The molecule has 0 saturated carbocycles. The van der Waals surface area contributed by atoms with Crippen molar-refractivity contribution in [1.82, 2.24) is 15.1 Å². The summed E-state index contributed by atoms with van der Waals surface area (Å²) in [5.74, 6) is 0.0191. The van der Waals surface area contributed by atoms with Gasteiger partial charge in [0.1, 0.15) is 5.82 Å². The highest BCUT2D eigenvalue weighted by Crippen LogP contribution is 2.27. The number of rotatable bonds is 5. The molecule has 1 aromatic carbocycles. The fourth-order valence-electron chi connectivity index (χ4n) is 2.45. The second kappa shape index (κ2) is 6.50. The maximum atomic E-state index is 13.4. The minimum atomic E-state index is -0.191. The number of halogens is 2. The van der Waals surface area contributed by atoms with Crippen LogP contribution in [0.3, 0.4) is 0 Å². The van der Waals surface area contributed by atoms with E-state index >= 15 is 0 Å². The van der Waals surface area contributed by atoms with Gasteiger partial charge in [-0.2, -0.15) is 5.10 Å². The third kappa shape index (κ3) is 3.27. The van der Waals surface area contributed by atoms with Crippen molar-refractivity contribution in [1.29, 1.82) is 0 Å². The molecule has 0 fully saturated rings. The van der Waals surface area contributed by atoms with Gasteiger partial charge in [0.2, 0.25) is 0 Å². The van der Waals surface area contributed by atoms with E-state index in [1.807, 2.05) is 31.8 Å². The van der Waals surface area contributed by atoms with Crippen LogP contribution >= 0.6 is 15.9 Å². The molecule has 0 bridgehead atoms. The van der Waals surface area contributed by atoms with Gasteiger partial charge >= 0.3 is 0 Å². The topological polar surface area (TPSA) is 29.9 Å². The molecule has 0 aliphatic rings. The predicted octanol–water partition coefficient (Wildman–Crippen LogP) is 3.18. The molecule has 0 aliphatic heterocycles. The van der Waals surface area contributed by atoms with E-state index in [1.54, 1.807) is 12.1 Å². The van der Waals surface area contributed by atoms with Crippen LogP contribution in [-0.4, -0.2) is 23.4 Å². The summed E-state index contributed by atoms with van der Waals surface area (Å²) in [7, 11) is 3.85. The van der Waals surface area contributed by atoms with Crippen LogP contribution in [0.5, 0.6) is 0 Å². The number of benzene rings is 1. The first-order valence-electron chi connectivity index (χ1n) is 6.61. The number of hydrogen-bond donors (Lipinski definition) is 1. The van der Waals surface area contributed by atoms with Gasteiger partial charge in [-0.05, 0) is 54.0 Å². The standard InChI is InChI=1S/C15H19BrFN3/c1-10-15(16)14(20(3)19-10)8-12(9-18-2)11-5-4-6-13(17)7-11/h4-7,12,18H,8-9H2,1-3H3. The Labute approximate surface area is 127 Å². The van der Waals surface area contributed by atoms with E-state index in [2.05, 4.69) is 26.3 Å². The van der Waals surface area contributed by atoms with Gasteiger partial charge in [0.25, 0.3) is 0 Å². The summed E-state index contributed by atoms with van der Waals surface area (Å²) in [5, 5.41) is 7.59. The Balaban J connectivity index is 2.30. The lowest BCUT2D eigenvalue weighted by Crippen LogP contribution is -2.20. The number of likely N-dealkylation sites (N-methyl/N-ethyl adjacent to an activating group) is 1. The smallest absolute Gasteiger partial charge is 0.123 e. The molecule has 2 rings (SSSR count). The zero-order chi connectivity index (χ0) is 14.7. The molecule has 1 aromatic heterocycles. The minimum absolute atomic E-state index is 0.191. The summed E-state index contributed by atoms with van der Waals surface area (Å²) in [6.07, 6.45) is 0.808. The van der Waals surface area contributed by atoms with Crippen molar-refractivity contribution >= 4 is 15.9 Å². The van der Waals surface area contributed by atoms with E-state index in [0.29, 0.717) is 0 Å². The van der Waals surface area contributed by atoms with Gasteiger partial charge in [0.05, 0.1) is 15.9 Å². The van der Waals surface area contributed by atoms with E-state index < -0.39 is 0 Å². The number of aromatic nitrogens is 2. The van der Waals surface area contributed by atoms with Crippen molar-refractivity contribution in [2.45, 2.75) is 19.3 Å². The average Bonchev–Trinajstić information content (AvgIpc) is 2.64. The third-order valence-electron chi connectivity index (χ3n) is 3.47. The lowest BCUT2D eigenvalue weighted by Gasteiger charge is -2.17. The molecular weight excluding hydrogens is 321 g/mol. The lowest BCUT2D eigenvalue weighted by molar-refractivity contribution is 0.579. The van der Waals surface area contributed by atoms with Gasteiger partial charge in [-0.3, -0.25) is 4.68 Å². The second-order valence-corrected chi connectivity index (χ2v) is 5.78. The molecule has 0 saturated heterocycles. The summed E-state index contributed by atoms with van der Waals surface area (Å²) in [5.41, 5.74) is 3.11. The highest BCUT2D eigenvalue weighted by molar-refractivity contribution is 9.10. The number of aryl methyl sites for hydroxylation is 2.